The Balaban J connectivity index is 2.31. The molecule has 0 atom stereocenters. The van der Waals surface area contributed by atoms with Crippen LogP contribution in [0, 0.1) is 0 Å². The monoisotopic (exact) mass is 215 g/mol. The molecule has 0 aliphatic heterocycles. The van der Waals surface area contributed by atoms with Gasteiger partial charge in [0.1, 0.15) is 4.88 Å². The summed E-state index contributed by atoms with van der Waals surface area (Å²) < 4.78 is 0. The zero-order valence-corrected chi connectivity index (χ0v) is 8.45. The molecule has 0 unspecified atom stereocenters. The number of hydrogen-bond donors (Lipinski definition) is 2. The van der Waals surface area contributed by atoms with E-state index in [9.17, 15) is 4.79 Å². The third-order valence-electron chi connectivity index (χ3n) is 1.31. The Kier molecular flexibility index (Phi) is 3.78. The van der Waals surface area contributed by atoms with Crippen LogP contribution in [0.2, 0.25) is 0 Å². The SMILES string of the molecule is NC(=S)CCNC(=O)c1cncs1. The summed E-state index contributed by atoms with van der Waals surface area (Å²) in [5.41, 5.74) is 6.88. The van der Waals surface area contributed by atoms with E-state index in [0.29, 0.717) is 22.8 Å². The minimum Gasteiger partial charge on any atom is -0.393 e. The highest BCUT2D eigenvalue weighted by Gasteiger charge is 2.05. The first kappa shape index (κ1) is 10.1. The van der Waals surface area contributed by atoms with Crippen molar-refractivity contribution >= 4 is 34.5 Å². The van der Waals surface area contributed by atoms with Gasteiger partial charge in [-0.25, -0.2) is 0 Å². The molecule has 0 aliphatic carbocycles. The molecule has 1 amide bonds. The number of nitrogens with one attached hydrogen (secondary N) is 1. The van der Waals surface area contributed by atoms with Crippen LogP contribution in [-0.2, 0) is 0 Å². The highest BCUT2D eigenvalue weighted by atomic mass is 32.1. The van der Waals surface area contributed by atoms with Crippen LogP contribution in [0.25, 0.3) is 0 Å². The molecule has 1 heterocycles. The maximum absolute atomic E-state index is 11.3. The number of amides is 1. The van der Waals surface area contributed by atoms with Crippen molar-refractivity contribution in [1.82, 2.24) is 10.3 Å². The van der Waals surface area contributed by atoms with Gasteiger partial charge in [0.05, 0.1) is 16.7 Å². The second kappa shape index (κ2) is 4.88. The lowest BCUT2D eigenvalue weighted by Crippen LogP contribution is -2.26. The average Bonchev–Trinajstić information content (AvgIpc) is 2.55. The standard InChI is InChI=1S/C7H9N3OS2/c8-6(12)1-2-10-7(11)5-3-9-4-13-5/h3-4H,1-2H2,(H2,8,12)(H,10,11). The average molecular weight is 215 g/mol. The number of thiazole rings is 1. The molecule has 0 fully saturated rings. The summed E-state index contributed by atoms with van der Waals surface area (Å²) in [6, 6.07) is 0. The number of nitrogens with two attached hydrogens (primary N) is 1. The minimum atomic E-state index is -0.126. The predicted molar refractivity (Wildman–Crippen MR) is 55.8 cm³/mol. The van der Waals surface area contributed by atoms with Crippen LogP contribution in [0.15, 0.2) is 11.7 Å². The number of hydrogen-bond acceptors (Lipinski definition) is 4. The van der Waals surface area contributed by atoms with E-state index in [1.54, 1.807) is 5.51 Å². The largest absolute Gasteiger partial charge is 0.393 e. The molecule has 1 rings (SSSR count). The molecular weight excluding hydrogens is 206 g/mol. The number of nitrogens with zero attached hydrogens (tertiary/aromatic N) is 1. The lowest BCUT2D eigenvalue weighted by Gasteiger charge is -2.00. The van der Waals surface area contributed by atoms with Crippen molar-refractivity contribution in [3.63, 3.8) is 0 Å². The number of rotatable bonds is 4. The fourth-order valence-corrected chi connectivity index (χ4v) is 1.35. The van der Waals surface area contributed by atoms with Crippen LogP contribution in [-0.4, -0.2) is 22.4 Å². The highest BCUT2D eigenvalue weighted by Crippen LogP contribution is 2.04. The van der Waals surface area contributed by atoms with E-state index in [2.05, 4.69) is 22.5 Å². The quantitative estimate of drug-likeness (QED) is 0.720. The van der Waals surface area contributed by atoms with E-state index in [-0.39, 0.29) is 5.91 Å². The summed E-state index contributed by atoms with van der Waals surface area (Å²) in [5, 5.41) is 2.68. The molecule has 4 nitrogen and oxygen atoms in total. The zero-order valence-electron chi connectivity index (χ0n) is 6.82. The van der Waals surface area contributed by atoms with Gasteiger partial charge in [0.25, 0.3) is 5.91 Å². The summed E-state index contributed by atoms with van der Waals surface area (Å²) in [6.45, 7) is 0.478. The first-order chi connectivity index (χ1) is 6.20. The van der Waals surface area contributed by atoms with E-state index in [0.717, 1.165) is 0 Å². The second-order valence-electron chi connectivity index (χ2n) is 2.34. The summed E-state index contributed by atoms with van der Waals surface area (Å²) in [4.78, 5) is 16.1. The van der Waals surface area contributed by atoms with Crippen LogP contribution in [0.3, 0.4) is 0 Å². The maximum Gasteiger partial charge on any atom is 0.263 e. The number of thiocarbonyl (C=S) groups is 1. The van der Waals surface area contributed by atoms with Gasteiger partial charge in [-0.1, -0.05) is 12.2 Å². The highest BCUT2D eigenvalue weighted by molar-refractivity contribution is 7.80. The molecule has 1 aromatic rings. The van der Waals surface area contributed by atoms with Crippen LogP contribution in [0.1, 0.15) is 16.1 Å². The van der Waals surface area contributed by atoms with E-state index >= 15 is 0 Å². The summed E-state index contributed by atoms with van der Waals surface area (Å²) in [6.07, 6.45) is 2.06. The fourth-order valence-electron chi connectivity index (χ4n) is 0.714. The van der Waals surface area contributed by atoms with Gasteiger partial charge in [0.15, 0.2) is 0 Å². The molecule has 70 valence electrons. The Morgan fingerprint density at radius 1 is 1.77 bits per heavy atom. The molecule has 1 aromatic heterocycles. The molecule has 3 N–H and O–H groups in total. The summed E-state index contributed by atoms with van der Waals surface area (Å²) in [5.74, 6) is -0.126. The van der Waals surface area contributed by atoms with Gasteiger partial charge in [-0.3, -0.25) is 9.78 Å². The summed E-state index contributed by atoms with van der Waals surface area (Å²) >= 11 is 5.97. The third kappa shape index (κ3) is 3.47. The first-order valence-corrected chi connectivity index (χ1v) is 4.94. The van der Waals surface area contributed by atoms with Crippen LogP contribution in [0.5, 0.6) is 0 Å². The summed E-state index contributed by atoms with van der Waals surface area (Å²) in [7, 11) is 0. The van der Waals surface area contributed by atoms with Crippen molar-refractivity contribution in [3.8, 4) is 0 Å². The minimum absolute atomic E-state index is 0.126. The second-order valence-corrected chi connectivity index (χ2v) is 3.75. The van der Waals surface area contributed by atoms with Crippen LogP contribution >= 0.6 is 23.6 Å². The molecule has 0 aliphatic rings. The number of carbonyl (C=O) groups excluding carboxylic acids is 1. The first-order valence-electron chi connectivity index (χ1n) is 3.65. The van der Waals surface area contributed by atoms with Gasteiger partial charge in [-0.2, -0.15) is 0 Å². The van der Waals surface area contributed by atoms with Gasteiger partial charge in [0, 0.05) is 13.0 Å². The van der Waals surface area contributed by atoms with Crippen molar-refractivity contribution in [2.75, 3.05) is 6.54 Å². The van der Waals surface area contributed by atoms with Gasteiger partial charge < -0.3 is 11.1 Å². The number of aromatic nitrogens is 1. The molecular formula is C7H9N3OS2. The lowest BCUT2D eigenvalue weighted by molar-refractivity contribution is 0.0958. The Morgan fingerprint density at radius 3 is 3.08 bits per heavy atom. The van der Waals surface area contributed by atoms with Crippen molar-refractivity contribution in [3.05, 3.63) is 16.6 Å². The molecule has 0 aromatic carbocycles. The van der Waals surface area contributed by atoms with Gasteiger partial charge in [-0.05, 0) is 0 Å². The molecule has 0 saturated carbocycles. The number of carbonyl (C=O) groups is 1. The third-order valence-corrected chi connectivity index (χ3v) is 2.29. The molecule has 0 bridgehead atoms. The predicted octanol–water partition coefficient (Wildman–Crippen LogP) is 0.549. The molecule has 0 saturated heterocycles. The van der Waals surface area contributed by atoms with Crippen molar-refractivity contribution in [2.24, 2.45) is 5.73 Å². The van der Waals surface area contributed by atoms with E-state index in [1.807, 2.05) is 0 Å². The van der Waals surface area contributed by atoms with E-state index in [4.69, 9.17) is 5.73 Å². The fraction of sp³-hybridized carbons (Fsp3) is 0.286. The van der Waals surface area contributed by atoms with Gasteiger partial charge >= 0.3 is 0 Å². The van der Waals surface area contributed by atoms with Gasteiger partial charge in [-0.15, -0.1) is 11.3 Å². The maximum atomic E-state index is 11.3. The van der Waals surface area contributed by atoms with Crippen molar-refractivity contribution < 1.29 is 4.79 Å². The van der Waals surface area contributed by atoms with Crippen molar-refractivity contribution in [2.45, 2.75) is 6.42 Å². The molecule has 0 radical (unpaired) electrons. The Bertz CT molecular complexity index is 297. The van der Waals surface area contributed by atoms with Crippen LogP contribution in [0.4, 0.5) is 0 Å². The zero-order chi connectivity index (χ0) is 9.68. The van der Waals surface area contributed by atoms with E-state index in [1.165, 1.54) is 17.5 Å². The van der Waals surface area contributed by atoms with Gasteiger partial charge in [0.2, 0.25) is 0 Å². The Hall–Kier alpha value is -1.01. The van der Waals surface area contributed by atoms with E-state index < -0.39 is 0 Å². The smallest absolute Gasteiger partial charge is 0.263 e. The van der Waals surface area contributed by atoms with Crippen molar-refractivity contribution in [1.29, 1.82) is 0 Å². The normalized spacial score (nSPS) is 9.54. The Labute approximate surface area is 85.2 Å². The topological polar surface area (TPSA) is 68.0 Å². The molecule has 0 spiro atoms. The lowest BCUT2D eigenvalue weighted by atomic mass is 10.4. The molecule has 13 heavy (non-hydrogen) atoms. The van der Waals surface area contributed by atoms with Crippen LogP contribution < -0.4 is 11.1 Å². The molecule has 6 heteroatoms. The Morgan fingerprint density at radius 2 is 2.54 bits per heavy atom.